The van der Waals surface area contributed by atoms with E-state index in [1.807, 2.05) is 79.7 Å². The molecular weight excluding hydrogens is 396 g/mol. The van der Waals surface area contributed by atoms with Crippen molar-refractivity contribution in [2.24, 2.45) is 0 Å². The van der Waals surface area contributed by atoms with E-state index in [9.17, 15) is 4.79 Å². The standard InChI is InChI=1S/C24H22N2O3S/c1-17-13-14-20(28-2)22-23(17)30-24(25-22)26(15-18-9-5-3-6-10-18)21(27)16-29-19-11-7-4-8-12-19/h3-14H,15-16H2,1-2H3. The Labute approximate surface area is 179 Å². The summed E-state index contributed by atoms with van der Waals surface area (Å²) in [4.78, 5) is 19.6. The van der Waals surface area contributed by atoms with Gasteiger partial charge >= 0.3 is 0 Å². The smallest absolute Gasteiger partial charge is 0.267 e. The number of nitrogens with zero attached hydrogens (tertiary/aromatic N) is 2. The molecule has 4 aromatic rings. The molecule has 1 heterocycles. The van der Waals surface area contributed by atoms with Gasteiger partial charge in [-0.25, -0.2) is 4.98 Å². The van der Waals surface area contributed by atoms with Crippen LogP contribution in [0.5, 0.6) is 11.5 Å². The lowest BCUT2D eigenvalue weighted by molar-refractivity contribution is -0.120. The van der Waals surface area contributed by atoms with Gasteiger partial charge in [-0.15, -0.1) is 0 Å². The third-order valence-corrected chi connectivity index (χ3v) is 5.95. The monoisotopic (exact) mass is 418 g/mol. The summed E-state index contributed by atoms with van der Waals surface area (Å²) in [5, 5.41) is 0.628. The van der Waals surface area contributed by atoms with Crippen LogP contribution in [-0.4, -0.2) is 24.6 Å². The molecule has 3 aromatic carbocycles. The summed E-state index contributed by atoms with van der Waals surface area (Å²) < 4.78 is 12.2. The average Bonchev–Trinajstić information content (AvgIpc) is 3.24. The lowest BCUT2D eigenvalue weighted by atomic mass is 10.2. The molecule has 0 atom stereocenters. The van der Waals surface area contributed by atoms with Crippen LogP contribution in [0.1, 0.15) is 11.1 Å². The van der Waals surface area contributed by atoms with Crippen molar-refractivity contribution in [3.63, 3.8) is 0 Å². The fraction of sp³-hybridized carbons (Fsp3) is 0.167. The molecule has 6 heteroatoms. The Balaban J connectivity index is 1.67. The first-order valence-corrected chi connectivity index (χ1v) is 10.4. The van der Waals surface area contributed by atoms with Crippen LogP contribution in [-0.2, 0) is 11.3 Å². The highest BCUT2D eigenvalue weighted by molar-refractivity contribution is 7.22. The Hall–Kier alpha value is -3.38. The van der Waals surface area contributed by atoms with Crippen molar-refractivity contribution < 1.29 is 14.3 Å². The highest BCUT2D eigenvalue weighted by Gasteiger charge is 2.22. The minimum atomic E-state index is -0.154. The van der Waals surface area contributed by atoms with Gasteiger partial charge in [0.05, 0.1) is 18.4 Å². The van der Waals surface area contributed by atoms with E-state index in [4.69, 9.17) is 14.5 Å². The van der Waals surface area contributed by atoms with Gasteiger partial charge in [0, 0.05) is 0 Å². The van der Waals surface area contributed by atoms with E-state index in [0.717, 1.165) is 21.3 Å². The predicted molar refractivity (Wildman–Crippen MR) is 120 cm³/mol. The van der Waals surface area contributed by atoms with Crippen molar-refractivity contribution in [2.75, 3.05) is 18.6 Å². The van der Waals surface area contributed by atoms with Crippen LogP contribution >= 0.6 is 11.3 Å². The van der Waals surface area contributed by atoms with Gasteiger partial charge in [-0.05, 0) is 36.2 Å². The Kier molecular flexibility index (Phi) is 5.95. The first-order valence-electron chi connectivity index (χ1n) is 9.62. The topological polar surface area (TPSA) is 51.7 Å². The van der Waals surface area contributed by atoms with Crippen molar-refractivity contribution >= 4 is 32.6 Å². The minimum Gasteiger partial charge on any atom is -0.494 e. The van der Waals surface area contributed by atoms with Crippen molar-refractivity contribution in [3.8, 4) is 11.5 Å². The zero-order valence-electron chi connectivity index (χ0n) is 16.9. The van der Waals surface area contributed by atoms with Crippen LogP contribution in [0.15, 0.2) is 72.8 Å². The zero-order chi connectivity index (χ0) is 20.9. The maximum absolute atomic E-state index is 13.2. The van der Waals surface area contributed by atoms with Crippen LogP contribution in [0.3, 0.4) is 0 Å². The van der Waals surface area contributed by atoms with E-state index >= 15 is 0 Å². The van der Waals surface area contributed by atoms with Gasteiger partial charge in [0.15, 0.2) is 11.7 Å². The van der Waals surface area contributed by atoms with Gasteiger partial charge in [0.25, 0.3) is 5.91 Å². The number of aryl methyl sites for hydroxylation is 1. The largest absolute Gasteiger partial charge is 0.494 e. The van der Waals surface area contributed by atoms with E-state index < -0.39 is 0 Å². The van der Waals surface area contributed by atoms with Crippen LogP contribution in [0, 0.1) is 6.92 Å². The number of fused-ring (bicyclic) bond motifs is 1. The fourth-order valence-electron chi connectivity index (χ4n) is 3.15. The highest BCUT2D eigenvalue weighted by atomic mass is 32.1. The molecule has 0 aliphatic heterocycles. The van der Waals surface area contributed by atoms with Crippen LogP contribution in [0.2, 0.25) is 0 Å². The molecule has 0 N–H and O–H groups in total. The Morgan fingerprint density at radius 2 is 1.70 bits per heavy atom. The first-order chi connectivity index (χ1) is 14.7. The normalized spacial score (nSPS) is 10.7. The molecule has 0 saturated carbocycles. The third kappa shape index (κ3) is 4.28. The number of ether oxygens (including phenoxy) is 2. The summed E-state index contributed by atoms with van der Waals surface area (Å²) in [5.41, 5.74) is 2.89. The number of methoxy groups -OCH3 is 1. The molecule has 0 aliphatic rings. The Morgan fingerprint density at radius 3 is 2.40 bits per heavy atom. The summed E-state index contributed by atoms with van der Waals surface area (Å²) in [6.45, 7) is 2.38. The van der Waals surface area contributed by atoms with Gasteiger partial charge in [0.2, 0.25) is 0 Å². The number of hydrogen-bond donors (Lipinski definition) is 0. The van der Waals surface area contributed by atoms with Crippen molar-refractivity contribution in [3.05, 3.63) is 83.9 Å². The number of amides is 1. The number of carbonyl (C=O) groups excluding carboxylic acids is 1. The molecular formula is C24H22N2O3S. The fourth-order valence-corrected chi connectivity index (χ4v) is 4.21. The average molecular weight is 419 g/mol. The second kappa shape index (κ2) is 8.97. The van der Waals surface area contributed by atoms with E-state index in [1.54, 1.807) is 12.0 Å². The molecule has 0 fully saturated rings. The van der Waals surface area contributed by atoms with Crippen LogP contribution in [0.25, 0.3) is 10.2 Å². The second-order valence-electron chi connectivity index (χ2n) is 6.83. The van der Waals surface area contributed by atoms with Crippen molar-refractivity contribution in [1.29, 1.82) is 0 Å². The predicted octanol–water partition coefficient (Wildman–Crippen LogP) is 5.23. The van der Waals surface area contributed by atoms with E-state index in [0.29, 0.717) is 23.2 Å². The summed E-state index contributed by atoms with van der Waals surface area (Å²) in [7, 11) is 1.63. The molecule has 1 aromatic heterocycles. The molecule has 0 spiro atoms. The second-order valence-corrected chi connectivity index (χ2v) is 7.80. The third-order valence-electron chi connectivity index (χ3n) is 4.73. The molecule has 0 radical (unpaired) electrons. The number of aromatic nitrogens is 1. The van der Waals surface area contributed by atoms with Gasteiger partial charge in [-0.2, -0.15) is 0 Å². The summed E-state index contributed by atoms with van der Waals surface area (Å²) in [5.74, 6) is 1.21. The summed E-state index contributed by atoms with van der Waals surface area (Å²) in [6, 6.07) is 23.1. The van der Waals surface area contributed by atoms with E-state index in [-0.39, 0.29) is 12.5 Å². The lowest BCUT2D eigenvalue weighted by Crippen LogP contribution is -2.34. The number of anilines is 1. The molecule has 152 valence electrons. The number of benzene rings is 3. The molecule has 5 nitrogen and oxygen atoms in total. The maximum atomic E-state index is 13.2. The lowest BCUT2D eigenvalue weighted by Gasteiger charge is -2.20. The molecule has 0 unspecified atom stereocenters. The number of hydrogen-bond acceptors (Lipinski definition) is 5. The molecule has 4 rings (SSSR count). The zero-order valence-corrected chi connectivity index (χ0v) is 17.7. The van der Waals surface area contributed by atoms with Gasteiger partial charge in [-0.3, -0.25) is 9.69 Å². The number of rotatable bonds is 7. The van der Waals surface area contributed by atoms with E-state index in [2.05, 4.69) is 0 Å². The number of carbonyl (C=O) groups is 1. The minimum absolute atomic E-state index is 0.0666. The molecule has 30 heavy (non-hydrogen) atoms. The first kappa shape index (κ1) is 19.9. The maximum Gasteiger partial charge on any atom is 0.267 e. The Morgan fingerprint density at radius 1 is 1.00 bits per heavy atom. The van der Waals surface area contributed by atoms with Gasteiger partial charge < -0.3 is 9.47 Å². The number of thiazole rings is 1. The van der Waals surface area contributed by atoms with Gasteiger partial charge in [-0.1, -0.05) is 65.9 Å². The van der Waals surface area contributed by atoms with E-state index in [1.165, 1.54) is 11.3 Å². The molecule has 1 amide bonds. The van der Waals surface area contributed by atoms with Gasteiger partial charge in [0.1, 0.15) is 17.0 Å². The molecule has 0 saturated heterocycles. The SMILES string of the molecule is COc1ccc(C)c2sc(N(Cc3ccccc3)C(=O)COc3ccccc3)nc12. The number of para-hydroxylation sites is 1. The van der Waals surface area contributed by atoms with Crippen molar-refractivity contribution in [2.45, 2.75) is 13.5 Å². The Bertz CT molecular complexity index is 1140. The quantitative estimate of drug-likeness (QED) is 0.413. The van der Waals surface area contributed by atoms with Crippen molar-refractivity contribution in [1.82, 2.24) is 4.98 Å². The van der Waals surface area contributed by atoms with Crippen LogP contribution in [0.4, 0.5) is 5.13 Å². The summed E-state index contributed by atoms with van der Waals surface area (Å²) >= 11 is 1.49. The van der Waals surface area contributed by atoms with Crippen LogP contribution < -0.4 is 14.4 Å². The summed E-state index contributed by atoms with van der Waals surface area (Å²) in [6.07, 6.45) is 0. The highest BCUT2D eigenvalue weighted by Crippen LogP contribution is 2.37. The molecule has 0 bridgehead atoms. The molecule has 0 aliphatic carbocycles.